The van der Waals surface area contributed by atoms with Gasteiger partial charge in [-0.05, 0) is 37.5 Å². The van der Waals surface area contributed by atoms with Crippen LogP contribution in [0.15, 0.2) is 18.2 Å². The minimum atomic E-state index is -0.463. The van der Waals surface area contributed by atoms with Gasteiger partial charge in [0.05, 0.1) is 26.2 Å². The number of rotatable bonds is 5. The average Bonchev–Trinajstić information content (AvgIpc) is 3.19. The molecule has 0 atom stereocenters. The first kappa shape index (κ1) is 12.7. The molecule has 0 amide bonds. The molecule has 0 bridgehead atoms. The van der Waals surface area contributed by atoms with Gasteiger partial charge in [0.2, 0.25) is 0 Å². The predicted octanol–water partition coefficient (Wildman–Crippen LogP) is 2.30. The van der Waals surface area contributed by atoms with Crippen molar-refractivity contribution >= 4 is 5.97 Å². The summed E-state index contributed by atoms with van der Waals surface area (Å²) in [6.07, 6.45) is 1.67. The van der Waals surface area contributed by atoms with Crippen molar-refractivity contribution in [2.24, 2.45) is 0 Å². The first-order valence-electron chi connectivity index (χ1n) is 6.07. The minimum Gasteiger partial charge on any atom is -0.493 e. The Bertz CT molecular complexity index is 449. The van der Waals surface area contributed by atoms with Crippen LogP contribution in [0.2, 0.25) is 0 Å². The highest BCUT2D eigenvalue weighted by Gasteiger charge is 2.53. The largest absolute Gasteiger partial charge is 0.493 e. The second-order valence-electron chi connectivity index (χ2n) is 4.37. The van der Waals surface area contributed by atoms with Gasteiger partial charge >= 0.3 is 5.97 Å². The van der Waals surface area contributed by atoms with Gasteiger partial charge in [0.15, 0.2) is 11.5 Å². The molecule has 0 radical (unpaired) electrons. The number of ether oxygens (including phenoxy) is 3. The molecule has 0 saturated heterocycles. The summed E-state index contributed by atoms with van der Waals surface area (Å²) in [4.78, 5) is 12.0. The summed E-state index contributed by atoms with van der Waals surface area (Å²) in [5, 5.41) is 0. The van der Waals surface area contributed by atoms with E-state index in [-0.39, 0.29) is 5.97 Å². The van der Waals surface area contributed by atoms with Gasteiger partial charge in [-0.1, -0.05) is 6.07 Å². The molecule has 4 nitrogen and oxygen atoms in total. The van der Waals surface area contributed by atoms with Gasteiger partial charge in [-0.15, -0.1) is 0 Å². The molecule has 0 aliphatic heterocycles. The lowest BCUT2D eigenvalue weighted by Crippen LogP contribution is -2.23. The van der Waals surface area contributed by atoms with E-state index < -0.39 is 5.41 Å². The van der Waals surface area contributed by atoms with Crippen molar-refractivity contribution in [3.05, 3.63) is 23.8 Å². The summed E-state index contributed by atoms with van der Waals surface area (Å²) < 4.78 is 15.6. The SMILES string of the molecule is CCOC(=O)C1(c2ccc(OC)c(OC)c2)CC1. The number of carbonyl (C=O) groups is 1. The van der Waals surface area contributed by atoms with Gasteiger partial charge in [0.25, 0.3) is 0 Å². The molecule has 1 saturated carbocycles. The lowest BCUT2D eigenvalue weighted by molar-refractivity contribution is -0.146. The molecule has 4 heteroatoms. The van der Waals surface area contributed by atoms with Gasteiger partial charge < -0.3 is 14.2 Å². The Morgan fingerprint density at radius 2 is 1.89 bits per heavy atom. The average molecular weight is 250 g/mol. The maximum atomic E-state index is 12.0. The van der Waals surface area contributed by atoms with Gasteiger partial charge in [-0.3, -0.25) is 4.79 Å². The zero-order chi connectivity index (χ0) is 13.2. The summed E-state index contributed by atoms with van der Waals surface area (Å²) in [5.41, 5.74) is 0.480. The number of carbonyl (C=O) groups excluding carboxylic acids is 1. The molecule has 2 rings (SSSR count). The molecule has 1 aliphatic rings. The molecule has 0 heterocycles. The number of benzene rings is 1. The predicted molar refractivity (Wildman–Crippen MR) is 67.1 cm³/mol. The van der Waals surface area contributed by atoms with E-state index in [1.807, 2.05) is 25.1 Å². The highest BCUT2D eigenvalue weighted by Crippen LogP contribution is 2.50. The summed E-state index contributed by atoms with van der Waals surface area (Å²) in [5.74, 6) is 1.17. The Hall–Kier alpha value is -1.71. The van der Waals surface area contributed by atoms with Crippen LogP contribution in [0.1, 0.15) is 25.3 Å². The van der Waals surface area contributed by atoms with Gasteiger partial charge in [-0.25, -0.2) is 0 Å². The highest BCUT2D eigenvalue weighted by atomic mass is 16.5. The lowest BCUT2D eigenvalue weighted by Gasteiger charge is -2.16. The van der Waals surface area contributed by atoms with Crippen LogP contribution in [-0.2, 0) is 14.9 Å². The number of hydrogen-bond donors (Lipinski definition) is 0. The Labute approximate surface area is 107 Å². The van der Waals surface area contributed by atoms with Crippen molar-refractivity contribution in [3.8, 4) is 11.5 Å². The molecule has 18 heavy (non-hydrogen) atoms. The molecule has 0 spiro atoms. The maximum Gasteiger partial charge on any atom is 0.316 e. The molecule has 1 aliphatic carbocycles. The van der Waals surface area contributed by atoms with Crippen LogP contribution in [0.25, 0.3) is 0 Å². The van der Waals surface area contributed by atoms with Crippen LogP contribution in [0.3, 0.4) is 0 Å². The molecule has 1 aromatic rings. The van der Waals surface area contributed by atoms with Crippen molar-refractivity contribution in [1.29, 1.82) is 0 Å². The molecule has 1 fully saturated rings. The summed E-state index contributed by atoms with van der Waals surface area (Å²) >= 11 is 0. The van der Waals surface area contributed by atoms with E-state index in [1.165, 1.54) is 0 Å². The second kappa shape index (κ2) is 4.88. The zero-order valence-electron chi connectivity index (χ0n) is 11.0. The minimum absolute atomic E-state index is 0.141. The Morgan fingerprint density at radius 3 is 2.39 bits per heavy atom. The summed E-state index contributed by atoms with van der Waals surface area (Å²) in [6, 6.07) is 5.60. The standard InChI is InChI=1S/C14H18O4/c1-4-18-13(15)14(7-8-14)10-5-6-11(16-2)12(9-10)17-3/h5-6,9H,4,7-8H2,1-3H3. The van der Waals surface area contributed by atoms with Gasteiger partial charge in [0.1, 0.15) is 0 Å². The molecular weight excluding hydrogens is 232 g/mol. The van der Waals surface area contributed by atoms with Crippen molar-refractivity contribution in [1.82, 2.24) is 0 Å². The number of methoxy groups -OCH3 is 2. The maximum absolute atomic E-state index is 12.0. The number of hydrogen-bond acceptors (Lipinski definition) is 4. The van der Waals surface area contributed by atoms with Crippen molar-refractivity contribution < 1.29 is 19.0 Å². The molecule has 98 valence electrons. The molecule has 0 aromatic heterocycles. The fraction of sp³-hybridized carbons (Fsp3) is 0.500. The molecular formula is C14H18O4. The van der Waals surface area contributed by atoms with Crippen molar-refractivity contribution in [2.75, 3.05) is 20.8 Å². The van der Waals surface area contributed by atoms with Crippen LogP contribution in [0.5, 0.6) is 11.5 Å². The van der Waals surface area contributed by atoms with Crippen molar-refractivity contribution in [3.63, 3.8) is 0 Å². The van der Waals surface area contributed by atoms with Gasteiger partial charge in [0, 0.05) is 0 Å². The monoisotopic (exact) mass is 250 g/mol. The third-order valence-electron chi connectivity index (χ3n) is 3.35. The Morgan fingerprint density at radius 1 is 1.22 bits per heavy atom. The fourth-order valence-electron chi connectivity index (χ4n) is 2.14. The van der Waals surface area contributed by atoms with E-state index in [4.69, 9.17) is 14.2 Å². The number of esters is 1. The highest BCUT2D eigenvalue weighted by molar-refractivity contribution is 5.86. The topological polar surface area (TPSA) is 44.8 Å². The first-order chi connectivity index (χ1) is 8.67. The Balaban J connectivity index is 2.31. The third-order valence-corrected chi connectivity index (χ3v) is 3.35. The van der Waals surface area contributed by atoms with E-state index in [1.54, 1.807) is 14.2 Å². The zero-order valence-corrected chi connectivity index (χ0v) is 11.0. The first-order valence-corrected chi connectivity index (χ1v) is 6.07. The van der Waals surface area contributed by atoms with Crippen molar-refractivity contribution in [2.45, 2.75) is 25.2 Å². The van der Waals surface area contributed by atoms with Crippen LogP contribution in [0.4, 0.5) is 0 Å². The molecule has 1 aromatic carbocycles. The second-order valence-corrected chi connectivity index (χ2v) is 4.37. The lowest BCUT2D eigenvalue weighted by atomic mass is 9.95. The van der Waals surface area contributed by atoms with Crippen LogP contribution >= 0.6 is 0 Å². The summed E-state index contributed by atoms with van der Waals surface area (Å²) in [6.45, 7) is 2.23. The van der Waals surface area contributed by atoms with Crippen LogP contribution in [-0.4, -0.2) is 26.8 Å². The van der Waals surface area contributed by atoms with E-state index in [9.17, 15) is 4.79 Å². The quantitative estimate of drug-likeness (QED) is 0.752. The third kappa shape index (κ3) is 2.03. The molecule has 0 N–H and O–H groups in total. The normalized spacial score (nSPS) is 15.9. The Kier molecular flexibility index (Phi) is 3.45. The van der Waals surface area contributed by atoms with Gasteiger partial charge in [-0.2, -0.15) is 0 Å². The van der Waals surface area contributed by atoms with Crippen LogP contribution < -0.4 is 9.47 Å². The summed E-state index contributed by atoms with van der Waals surface area (Å²) in [7, 11) is 3.18. The smallest absolute Gasteiger partial charge is 0.316 e. The van der Waals surface area contributed by atoms with E-state index >= 15 is 0 Å². The van der Waals surface area contributed by atoms with E-state index in [0.29, 0.717) is 18.1 Å². The van der Waals surface area contributed by atoms with E-state index in [0.717, 1.165) is 18.4 Å². The molecule has 0 unspecified atom stereocenters. The fourth-order valence-corrected chi connectivity index (χ4v) is 2.14. The van der Waals surface area contributed by atoms with Crippen LogP contribution in [0, 0.1) is 0 Å². The van der Waals surface area contributed by atoms with E-state index in [2.05, 4.69) is 0 Å².